The molecule has 0 bridgehead atoms. The molecule has 0 spiro atoms. The molecule has 2 aliphatic rings. The summed E-state index contributed by atoms with van der Waals surface area (Å²) in [6.07, 6.45) is 2.15. The normalized spacial score (nSPS) is 18.7. The van der Waals surface area contributed by atoms with Crippen molar-refractivity contribution in [3.05, 3.63) is 65.1 Å². The van der Waals surface area contributed by atoms with Crippen molar-refractivity contribution in [2.24, 2.45) is 0 Å². The zero-order valence-electron chi connectivity index (χ0n) is 19.5. The van der Waals surface area contributed by atoms with Crippen LogP contribution in [0.25, 0.3) is 11.1 Å². The summed E-state index contributed by atoms with van der Waals surface area (Å²) in [5.74, 6) is 0.0269. The SMILES string of the molecule is CC(=O)Nc1ccc(-c2ccc(N3CC(N4CCN(C(=O)c5nccs5)CC4)CC3=O)cc2)cc1. The number of hydrogen-bond donors (Lipinski definition) is 1. The minimum Gasteiger partial charge on any atom is -0.334 e. The summed E-state index contributed by atoms with van der Waals surface area (Å²) in [7, 11) is 0. The summed E-state index contributed by atoms with van der Waals surface area (Å²) < 4.78 is 0. The molecule has 3 aromatic rings. The zero-order chi connectivity index (χ0) is 24.4. The average molecular weight is 490 g/mol. The van der Waals surface area contributed by atoms with Gasteiger partial charge in [-0.05, 0) is 35.4 Å². The lowest BCUT2D eigenvalue weighted by molar-refractivity contribution is -0.117. The highest BCUT2D eigenvalue weighted by molar-refractivity contribution is 7.11. The van der Waals surface area contributed by atoms with E-state index in [9.17, 15) is 14.4 Å². The summed E-state index contributed by atoms with van der Waals surface area (Å²) in [6, 6.07) is 15.9. The van der Waals surface area contributed by atoms with Crippen LogP contribution in [0.1, 0.15) is 23.1 Å². The van der Waals surface area contributed by atoms with Crippen molar-refractivity contribution in [1.82, 2.24) is 14.8 Å². The van der Waals surface area contributed by atoms with Crippen molar-refractivity contribution in [2.45, 2.75) is 19.4 Å². The molecule has 2 aromatic carbocycles. The first-order chi connectivity index (χ1) is 17.0. The van der Waals surface area contributed by atoms with Gasteiger partial charge in [-0.2, -0.15) is 0 Å². The van der Waals surface area contributed by atoms with E-state index >= 15 is 0 Å². The number of carbonyl (C=O) groups excluding carboxylic acids is 3. The summed E-state index contributed by atoms with van der Waals surface area (Å²) in [5.41, 5.74) is 3.75. The first-order valence-corrected chi connectivity index (χ1v) is 12.6. The Balaban J connectivity index is 1.18. The first-order valence-electron chi connectivity index (χ1n) is 11.7. The van der Waals surface area contributed by atoms with Gasteiger partial charge in [-0.1, -0.05) is 24.3 Å². The molecule has 1 aromatic heterocycles. The maximum atomic E-state index is 12.8. The second-order valence-electron chi connectivity index (χ2n) is 8.83. The van der Waals surface area contributed by atoms with Gasteiger partial charge >= 0.3 is 0 Å². The van der Waals surface area contributed by atoms with Crippen molar-refractivity contribution >= 4 is 40.4 Å². The van der Waals surface area contributed by atoms with Gasteiger partial charge in [0, 0.05) is 75.1 Å². The largest absolute Gasteiger partial charge is 0.334 e. The lowest BCUT2D eigenvalue weighted by Gasteiger charge is -2.37. The number of anilines is 2. The summed E-state index contributed by atoms with van der Waals surface area (Å²) >= 11 is 1.37. The van der Waals surface area contributed by atoms with Crippen molar-refractivity contribution in [1.29, 1.82) is 0 Å². The fourth-order valence-electron chi connectivity index (χ4n) is 4.72. The maximum Gasteiger partial charge on any atom is 0.282 e. The van der Waals surface area contributed by atoms with Crippen LogP contribution in [0.2, 0.25) is 0 Å². The Morgan fingerprint density at radius 1 is 0.971 bits per heavy atom. The third kappa shape index (κ3) is 5.11. The van der Waals surface area contributed by atoms with E-state index in [2.05, 4.69) is 15.2 Å². The Morgan fingerprint density at radius 3 is 2.23 bits per heavy atom. The molecular weight excluding hydrogens is 462 g/mol. The van der Waals surface area contributed by atoms with E-state index in [0.29, 0.717) is 31.1 Å². The molecule has 3 amide bonds. The van der Waals surface area contributed by atoms with E-state index in [4.69, 9.17) is 0 Å². The number of rotatable bonds is 5. The topological polar surface area (TPSA) is 85.8 Å². The van der Waals surface area contributed by atoms with Gasteiger partial charge < -0.3 is 15.1 Å². The molecule has 9 heteroatoms. The Labute approximate surface area is 208 Å². The lowest BCUT2D eigenvalue weighted by atomic mass is 10.0. The van der Waals surface area contributed by atoms with Crippen LogP contribution in [0.15, 0.2) is 60.1 Å². The summed E-state index contributed by atoms with van der Waals surface area (Å²) in [6.45, 7) is 4.97. The van der Waals surface area contributed by atoms with Gasteiger partial charge in [-0.3, -0.25) is 19.3 Å². The number of nitrogens with one attached hydrogen (secondary N) is 1. The van der Waals surface area contributed by atoms with Crippen LogP contribution in [-0.4, -0.2) is 71.3 Å². The Bertz CT molecular complexity index is 1200. The van der Waals surface area contributed by atoms with Gasteiger partial charge in [0.2, 0.25) is 11.8 Å². The summed E-state index contributed by atoms with van der Waals surface area (Å²) in [5, 5.41) is 5.12. The molecule has 2 saturated heterocycles. The van der Waals surface area contributed by atoms with E-state index in [1.165, 1.54) is 18.3 Å². The molecule has 3 heterocycles. The maximum absolute atomic E-state index is 12.8. The van der Waals surface area contributed by atoms with Gasteiger partial charge in [-0.25, -0.2) is 4.98 Å². The number of hydrogen-bond acceptors (Lipinski definition) is 6. The third-order valence-corrected chi connectivity index (χ3v) is 7.32. The third-order valence-electron chi connectivity index (χ3n) is 6.56. The zero-order valence-corrected chi connectivity index (χ0v) is 20.3. The quantitative estimate of drug-likeness (QED) is 0.594. The molecule has 1 unspecified atom stereocenters. The lowest BCUT2D eigenvalue weighted by Crippen LogP contribution is -2.52. The first kappa shape index (κ1) is 23.2. The van der Waals surface area contributed by atoms with Crippen molar-refractivity contribution in [3.63, 3.8) is 0 Å². The molecule has 0 radical (unpaired) electrons. The minimum atomic E-state index is -0.0956. The predicted molar refractivity (Wildman–Crippen MR) is 137 cm³/mol. The summed E-state index contributed by atoms with van der Waals surface area (Å²) in [4.78, 5) is 46.7. The number of carbonyl (C=O) groups is 3. The van der Waals surface area contributed by atoms with Crippen LogP contribution in [0, 0.1) is 0 Å². The van der Waals surface area contributed by atoms with Crippen LogP contribution < -0.4 is 10.2 Å². The average Bonchev–Trinajstić information content (AvgIpc) is 3.54. The highest BCUT2D eigenvalue weighted by Gasteiger charge is 2.36. The monoisotopic (exact) mass is 489 g/mol. The molecule has 1 N–H and O–H groups in total. The van der Waals surface area contributed by atoms with E-state index in [1.54, 1.807) is 6.20 Å². The highest BCUT2D eigenvalue weighted by Crippen LogP contribution is 2.28. The highest BCUT2D eigenvalue weighted by atomic mass is 32.1. The molecular formula is C26H27N5O3S. The number of aromatic nitrogens is 1. The van der Waals surface area contributed by atoms with Crippen LogP contribution in [0.5, 0.6) is 0 Å². The predicted octanol–water partition coefficient (Wildman–Crippen LogP) is 3.33. The van der Waals surface area contributed by atoms with E-state index in [0.717, 1.165) is 35.6 Å². The van der Waals surface area contributed by atoms with Crippen LogP contribution >= 0.6 is 11.3 Å². The second-order valence-corrected chi connectivity index (χ2v) is 9.73. The standard InChI is InChI=1S/C26H27N5O3S/c1-18(32)28-21-6-2-19(3-7-21)20-4-8-22(9-5-20)31-17-23(16-24(31)33)29-11-13-30(14-12-29)26(34)25-27-10-15-35-25/h2-10,15,23H,11-14,16-17H2,1H3,(H,28,32). The molecule has 180 valence electrons. The fraction of sp³-hybridized carbons (Fsp3) is 0.308. The second kappa shape index (κ2) is 9.97. The number of thiazole rings is 1. The number of amides is 3. The number of piperazine rings is 1. The van der Waals surface area contributed by atoms with Gasteiger partial charge in [0.15, 0.2) is 5.01 Å². The minimum absolute atomic E-state index is 0.00591. The molecule has 8 nitrogen and oxygen atoms in total. The smallest absolute Gasteiger partial charge is 0.282 e. The van der Waals surface area contributed by atoms with Gasteiger partial charge in [0.25, 0.3) is 5.91 Å². The van der Waals surface area contributed by atoms with Crippen LogP contribution in [0.3, 0.4) is 0 Å². The molecule has 1 atom stereocenters. The van der Waals surface area contributed by atoms with Gasteiger partial charge in [0.1, 0.15) is 0 Å². The molecule has 2 fully saturated rings. The van der Waals surface area contributed by atoms with Crippen molar-refractivity contribution in [3.8, 4) is 11.1 Å². The number of nitrogens with zero attached hydrogens (tertiary/aromatic N) is 4. The molecule has 35 heavy (non-hydrogen) atoms. The Kier molecular flexibility index (Phi) is 6.61. The van der Waals surface area contributed by atoms with E-state index in [-0.39, 0.29) is 23.8 Å². The molecule has 5 rings (SSSR count). The van der Waals surface area contributed by atoms with Crippen LogP contribution in [-0.2, 0) is 9.59 Å². The van der Waals surface area contributed by atoms with Crippen LogP contribution in [0.4, 0.5) is 11.4 Å². The molecule has 0 saturated carbocycles. The van der Waals surface area contributed by atoms with Gasteiger partial charge in [0.05, 0.1) is 0 Å². The van der Waals surface area contributed by atoms with E-state index < -0.39 is 0 Å². The molecule has 2 aliphatic heterocycles. The van der Waals surface area contributed by atoms with E-state index in [1.807, 2.05) is 63.7 Å². The van der Waals surface area contributed by atoms with Gasteiger partial charge in [-0.15, -0.1) is 11.3 Å². The van der Waals surface area contributed by atoms with Crippen molar-refractivity contribution in [2.75, 3.05) is 42.9 Å². The van der Waals surface area contributed by atoms with Crippen molar-refractivity contribution < 1.29 is 14.4 Å². The molecule has 0 aliphatic carbocycles. The number of benzene rings is 2. The Hall–Kier alpha value is -3.56. The fourth-order valence-corrected chi connectivity index (χ4v) is 5.32. The Morgan fingerprint density at radius 2 is 1.63 bits per heavy atom.